The molecule has 0 saturated heterocycles. The first-order valence-corrected chi connectivity index (χ1v) is 7.36. The Morgan fingerprint density at radius 3 is 1.71 bits per heavy atom. The average molecular weight is 238 g/mol. The van der Waals surface area contributed by atoms with E-state index in [2.05, 4.69) is 19.1 Å². The van der Waals surface area contributed by atoms with Gasteiger partial charge in [-0.3, -0.25) is 0 Å². The molecule has 0 atom stereocenters. The van der Waals surface area contributed by atoms with E-state index < -0.39 is 0 Å². The quantitative estimate of drug-likeness (QED) is 0.254. The van der Waals surface area contributed by atoms with Crippen molar-refractivity contribution in [1.29, 1.82) is 0 Å². The van der Waals surface area contributed by atoms with E-state index in [0.717, 1.165) is 12.7 Å². The molecule has 0 aromatic heterocycles. The first-order valence-electron chi connectivity index (χ1n) is 7.36. The fourth-order valence-corrected chi connectivity index (χ4v) is 1.88. The van der Waals surface area contributed by atoms with E-state index in [9.17, 15) is 0 Å². The maximum atomic E-state index is 8.45. The van der Waals surface area contributed by atoms with Gasteiger partial charge in [-0.1, -0.05) is 57.3 Å². The largest absolute Gasteiger partial charge is 0.516 e. The molecular weight excluding hydrogens is 208 g/mol. The van der Waals surface area contributed by atoms with E-state index in [-0.39, 0.29) is 0 Å². The zero-order chi connectivity index (χ0) is 12.6. The lowest BCUT2D eigenvalue weighted by Crippen LogP contribution is -1.78. The topological polar surface area (TPSA) is 20.2 Å². The number of hydrogen-bond acceptors (Lipinski definition) is 1. The van der Waals surface area contributed by atoms with Crippen molar-refractivity contribution in [1.82, 2.24) is 0 Å². The molecule has 0 fully saturated rings. The van der Waals surface area contributed by atoms with E-state index in [0.29, 0.717) is 0 Å². The zero-order valence-electron chi connectivity index (χ0n) is 11.5. The molecule has 0 unspecified atom stereocenters. The highest BCUT2D eigenvalue weighted by Gasteiger charge is 1.88. The Bertz CT molecular complexity index is 182. The van der Waals surface area contributed by atoms with Crippen molar-refractivity contribution in [3.05, 3.63) is 24.5 Å². The molecule has 0 amide bonds. The standard InChI is InChI=1S/C16H30O/c1-2-3-4-5-6-7-8-9-10-11-12-13-14-15-16-17/h9-10,15-17H,2-8,11-14H2,1H3/b10-9-,16-15-. The molecule has 0 aromatic rings. The minimum absolute atomic E-state index is 1.00. The van der Waals surface area contributed by atoms with Gasteiger partial charge in [-0.15, -0.1) is 0 Å². The van der Waals surface area contributed by atoms with Crippen molar-refractivity contribution in [2.45, 2.75) is 77.6 Å². The summed E-state index contributed by atoms with van der Waals surface area (Å²) in [5.74, 6) is 0. The van der Waals surface area contributed by atoms with E-state index >= 15 is 0 Å². The van der Waals surface area contributed by atoms with Crippen LogP contribution in [0.15, 0.2) is 24.5 Å². The predicted molar refractivity (Wildman–Crippen MR) is 77.4 cm³/mol. The smallest absolute Gasteiger partial charge is 0.0751 e. The molecule has 0 bridgehead atoms. The second-order valence-corrected chi connectivity index (χ2v) is 4.70. The third kappa shape index (κ3) is 15.3. The number of rotatable bonds is 12. The van der Waals surface area contributed by atoms with Crippen molar-refractivity contribution in [3.63, 3.8) is 0 Å². The number of allylic oxidation sites excluding steroid dienone is 3. The number of aliphatic hydroxyl groups is 1. The number of unbranched alkanes of at least 4 members (excludes halogenated alkanes) is 9. The Morgan fingerprint density at radius 1 is 0.647 bits per heavy atom. The maximum Gasteiger partial charge on any atom is 0.0751 e. The highest BCUT2D eigenvalue weighted by atomic mass is 16.2. The molecule has 1 heteroatoms. The Balaban J connectivity index is 3.04. The van der Waals surface area contributed by atoms with Crippen LogP contribution in [0.5, 0.6) is 0 Å². The van der Waals surface area contributed by atoms with Gasteiger partial charge < -0.3 is 5.11 Å². The highest BCUT2D eigenvalue weighted by Crippen LogP contribution is 2.08. The van der Waals surface area contributed by atoms with Gasteiger partial charge in [0, 0.05) is 0 Å². The lowest BCUT2D eigenvalue weighted by Gasteiger charge is -1.97. The van der Waals surface area contributed by atoms with E-state index in [1.54, 1.807) is 0 Å². The van der Waals surface area contributed by atoms with Gasteiger partial charge in [0.2, 0.25) is 0 Å². The normalized spacial score (nSPS) is 11.8. The summed E-state index contributed by atoms with van der Waals surface area (Å²) in [6.45, 7) is 2.26. The van der Waals surface area contributed by atoms with E-state index in [4.69, 9.17) is 5.11 Å². The number of hydrogen-bond donors (Lipinski definition) is 1. The Labute approximate surface area is 108 Å². The predicted octanol–water partition coefficient (Wildman–Crippen LogP) is 5.93. The van der Waals surface area contributed by atoms with Crippen LogP contribution in [0, 0.1) is 0 Å². The van der Waals surface area contributed by atoms with Gasteiger partial charge in [0.05, 0.1) is 6.26 Å². The van der Waals surface area contributed by atoms with Gasteiger partial charge in [0.15, 0.2) is 0 Å². The fraction of sp³-hybridized carbons (Fsp3) is 0.750. The highest BCUT2D eigenvalue weighted by molar-refractivity contribution is 4.81. The number of aliphatic hydroxyl groups excluding tert-OH is 1. The van der Waals surface area contributed by atoms with Crippen molar-refractivity contribution < 1.29 is 5.11 Å². The second-order valence-electron chi connectivity index (χ2n) is 4.70. The molecule has 100 valence electrons. The minimum atomic E-state index is 1.00. The zero-order valence-corrected chi connectivity index (χ0v) is 11.5. The van der Waals surface area contributed by atoms with Gasteiger partial charge >= 0.3 is 0 Å². The monoisotopic (exact) mass is 238 g/mol. The molecule has 0 aromatic carbocycles. The van der Waals surface area contributed by atoms with Crippen molar-refractivity contribution in [2.75, 3.05) is 0 Å². The minimum Gasteiger partial charge on any atom is -0.516 e. The Hall–Kier alpha value is -0.720. The third-order valence-electron chi connectivity index (χ3n) is 2.99. The molecule has 1 nitrogen and oxygen atoms in total. The summed E-state index contributed by atoms with van der Waals surface area (Å²) in [5.41, 5.74) is 0. The summed E-state index contributed by atoms with van der Waals surface area (Å²) >= 11 is 0. The Morgan fingerprint density at radius 2 is 1.12 bits per heavy atom. The summed E-state index contributed by atoms with van der Waals surface area (Å²) in [6, 6.07) is 0. The molecule has 0 aliphatic carbocycles. The molecule has 1 N–H and O–H groups in total. The van der Waals surface area contributed by atoms with Crippen molar-refractivity contribution >= 4 is 0 Å². The van der Waals surface area contributed by atoms with Crippen LogP contribution >= 0.6 is 0 Å². The van der Waals surface area contributed by atoms with Gasteiger partial charge in [0.25, 0.3) is 0 Å². The molecular formula is C16H30O. The van der Waals surface area contributed by atoms with Crippen LogP contribution in [0.2, 0.25) is 0 Å². The van der Waals surface area contributed by atoms with Crippen LogP contribution in [0.3, 0.4) is 0 Å². The Kier molecular flexibility index (Phi) is 14.6. The van der Waals surface area contributed by atoms with Crippen molar-refractivity contribution in [2.24, 2.45) is 0 Å². The van der Waals surface area contributed by atoms with Crippen LogP contribution in [0.1, 0.15) is 77.6 Å². The van der Waals surface area contributed by atoms with Crippen LogP contribution in [-0.4, -0.2) is 5.11 Å². The molecule has 17 heavy (non-hydrogen) atoms. The summed E-state index contributed by atoms with van der Waals surface area (Å²) in [6.07, 6.45) is 21.8. The maximum absolute atomic E-state index is 8.45. The first kappa shape index (κ1) is 16.3. The van der Waals surface area contributed by atoms with E-state index in [1.165, 1.54) is 64.2 Å². The molecule has 0 spiro atoms. The van der Waals surface area contributed by atoms with Gasteiger partial charge in [-0.25, -0.2) is 0 Å². The van der Waals surface area contributed by atoms with Gasteiger partial charge in [-0.05, 0) is 38.5 Å². The SMILES string of the molecule is CCCCCCCC/C=C\CCCC/C=C\O. The first-order chi connectivity index (χ1) is 8.41. The second kappa shape index (κ2) is 15.3. The molecule has 0 radical (unpaired) electrons. The van der Waals surface area contributed by atoms with Crippen molar-refractivity contribution in [3.8, 4) is 0 Å². The van der Waals surface area contributed by atoms with Crippen LogP contribution in [-0.2, 0) is 0 Å². The summed E-state index contributed by atoms with van der Waals surface area (Å²) in [4.78, 5) is 0. The fourth-order valence-electron chi connectivity index (χ4n) is 1.88. The van der Waals surface area contributed by atoms with Gasteiger partial charge in [-0.2, -0.15) is 0 Å². The van der Waals surface area contributed by atoms with Crippen LogP contribution < -0.4 is 0 Å². The summed E-state index contributed by atoms with van der Waals surface area (Å²) in [7, 11) is 0. The summed E-state index contributed by atoms with van der Waals surface area (Å²) < 4.78 is 0. The molecule has 0 saturated carbocycles. The average Bonchev–Trinajstić information content (AvgIpc) is 2.35. The third-order valence-corrected chi connectivity index (χ3v) is 2.99. The molecule has 0 aliphatic rings. The summed E-state index contributed by atoms with van der Waals surface area (Å²) in [5, 5.41) is 8.45. The molecule has 0 heterocycles. The van der Waals surface area contributed by atoms with E-state index in [1.807, 2.05) is 6.08 Å². The lowest BCUT2D eigenvalue weighted by atomic mass is 10.1. The van der Waals surface area contributed by atoms with Crippen LogP contribution in [0.25, 0.3) is 0 Å². The van der Waals surface area contributed by atoms with Crippen LogP contribution in [0.4, 0.5) is 0 Å². The van der Waals surface area contributed by atoms with Gasteiger partial charge in [0.1, 0.15) is 0 Å². The molecule has 0 rings (SSSR count). The molecule has 0 aliphatic heterocycles. The lowest BCUT2D eigenvalue weighted by molar-refractivity contribution is 0.470.